The van der Waals surface area contributed by atoms with Gasteiger partial charge in [-0.05, 0) is 31.5 Å². The van der Waals surface area contributed by atoms with Crippen LogP contribution >= 0.6 is 22.3 Å². The van der Waals surface area contributed by atoms with E-state index in [1.54, 1.807) is 10.7 Å². The molecule has 0 amide bonds. The van der Waals surface area contributed by atoms with Crippen molar-refractivity contribution in [2.24, 2.45) is 12.0 Å². The molecule has 0 aliphatic carbocycles. The van der Waals surface area contributed by atoms with E-state index in [4.69, 9.17) is 27.0 Å². The van der Waals surface area contributed by atoms with Crippen molar-refractivity contribution >= 4 is 42.9 Å². The Hall–Kier alpha value is -1.77. The van der Waals surface area contributed by atoms with Gasteiger partial charge < -0.3 is 10.1 Å². The number of aromatic nitrogens is 2. The molecule has 0 saturated carbocycles. The standard InChI is InChI=1S/C17H20Cl2N4O3S/c1-4-6-12-14-15(23(3)22-12)16(18)21-17(20-14)11-9-10(27(19,24)25)7-8-13(11)26-5-2/h7-9,16H,4-6H2,1-3H3,(H,20,21). The molecule has 146 valence electrons. The van der Waals surface area contributed by atoms with Gasteiger partial charge in [0.2, 0.25) is 0 Å². The van der Waals surface area contributed by atoms with Crippen LogP contribution < -0.4 is 10.1 Å². The third-order valence-electron chi connectivity index (χ3n) is 4.15. The number of alkyl halides is 1. The number of ether oxygens (including phenoxy) is 1. The lowest BCUT2D eigenvalue weighted by molar-refractivity contribution is 0.339. The van der Waals surface area contributed by atoms with Crippen LogP contribution in [0.3, 0.4) is 0 Å². The van der Waals surface area contributed by atoms with Crippen LogP contribution in [0.4, 0.5) is 5.69 Å². The smallest absolute Gasteiger partial charge is 0.261 e. The van der Waals surface area contributed by atoms with E-state index in [0.29, 0.717) is 23.8 Å². The molecule has 1 N–H and O–H groups in total. The van der Waals surface area contributed by atoms with Crippen molar-refractivity contribution in [3.63, 3.8) is 0 Å². The van der Waals surface area contributed by atoms with Crippen LogP contribution in [0.2, 0.25) is 0 Å². The van der Waals surface area contributed by atoms with Gasteiger partial charge in [0.1, 0.15) is 17.3 Å². The number of halogens is 2. The SMILES string of the molecule is CCCc1nn(C)c2c1NC(c1cc(S(=O)(=O)Cl)ccc1OCC)=NC2Cl. The quantitative estimate of drug-likeness (QED) is 0.427. The van der Waals surface area contributed by atoms with Gasteiger partial charge in [0.25, 0.3) is 9.05 Å². The van der Waals surface area contributed by atoms with E-state index in [2.05, 4.69) is 22.3 Å². The summed E-state index contributed by atoms with van der Waals surface area (Å²) in [6.45, 7) is 4.32. The molecule has 7 nitrogen and oxygen atoms in total. The van der Waals surface area contributed by atoms with Crippen molar-refractivity contribution in [3.8, 4) is 5.75 Å². The summed E-state index contributed by atoms with van der Waals surface area (Å²) in [5.41, 5.74) is 2.26. The van der Waals surface area contributed by atoms with Crippen LogP contribution in [0, 0.1) is 0 Å². The third-order valence-corrected chi connectivity index (χ3v) is 5.81. The molecule has 0 bridgehead atoms. The van der Waals surface area contributed by atoms with Gasteiger partial charge in [0, 0.05) is 17.7 Å². The minimum Gasteiger partial charge on any atom is -0.493 e. The van der Waals surface area contributed by atoms with Gasteiger partial charge >= 0.3 is 0 Å². The van der Waals surface area contributed by atoms with Gasteiger partial charge in [-0.3, -0.25) is 4.68 Å². The Labute approximate surface area is 167 Å². The maximum Gasteiger partial charge on any atom is 0.261 e. The zero-order valence-corrected chi connectivity index (χ0v) is 17.5. The van der Waals surface area contributed by atoms with Crippen molar-refractivity contribution in [1.82, 2.24) is 9.78 Å². The number of nitrogens with one attached hydrogen (secondary N) is 1. The van der Waals surface area contributed by atoms with Crippen molar-refractivity contribution in [2.75, 3.05) is 11.9 Å². The molecule has 0 saturated heterocycles. The average Bonchev–Trinajstić information content (AvgIpc) is 2.91. The molecule has 1 atom stereocenters. The maximum absolute atomic E-state index is 11.8. The molecular weight excluding hydrogens is 411 g/mol. The van der Waals surface area contributed by atoms with E-state index < -0.39 is 14.6 Å². The normalized spacial score (nSPS) is 16.5. The van der Waals surface area contributed by atoms with Crippen LogP contribution in [0.5, 0.6) is 5.75 Å². The average molecular weight is 431 g/mol. The lowest BCUT2D eigenvalue weighted by Crippen LogP contribution is -2.22. The summed E-state index contributed by atoms with van der Waals surface area (Å²) in [4.78, 5) is 4.45. The molecule has 2 heterocycles. The Morgan fingerprint density at radius 1 is 1.33 bits per heavy atom. The zero-order valence-electron chi connectivity index (χ0n) is 15.2. The lowest BCUT2D eigenvalue weighted by atomic mass is 10.1. The molecule has 1 aromatic carbocycles. The molecule has 1 aromatic heterocycles. The number of anilines is 1. The molecular formula is C17H20Cl2N4O3S. The first kappa shape index (κ1) is 20.0. The third kappa shape index (κ3) is 3.93. The minimum absolute atomic E-state index is 0.0380. The summed E-state index contributed by atoms with van der Waals surface area (Å²) in [5, 5.41) is 7.78. The number of nitrogens with zero attached hydrogens (tertiary/aromatic N) is 3. The number of hydrogen-bond donors (Lipinski definition) is 1. The number of aliphatic imine (C=N–C) groups is 1. The first-order valence-corrected chi connectivity index (χ1v) is 11.3. The Balaban J connectivity index is 2.12. The second-order valence-electron chi connectivity index (χ2n) is 6.05. The van der Waals surface area contributed by atoms with Gasteiger partial charge in [-0.2, -0.15) is 5.10 Å². The summed E-state index contributed by atoms with van der Waals surface area (Å²) < 4.78 is 30.9. The Bertz CT molecular complexity index is 1000. The number of rotatable bonds is 6. The number of benzene rings is 1. The predicted octanol–water partition coefficient (Wildman–Crippen LogP) is 3.81. The second-order valence-corrected chi connectivity index (χ2v) is 9.03. The molecule has 1 aliphatic rings. The summed E-state index contributed by atoms with van der Waals surface area (Å²) in [6, 6.07) is 4.40. The highest BCUT2D eigenvalue weighted by Crippen LogP contribution is 2.38. The summed E-state index contributed by atoms with van der Waals surface area (Å²) in [7, 11) is 3.43. The van der Waals surface area contributed by atoms with Gasteiger partial charge in [-0.1, -0.05) is 24.9 Å². The number of fused-ring (bicyclic) bond motifs is 1. The van der Waals surface area contributed by atoms with E-state index in [1.165, 1.54) is 12.1 Å². The number of amidine groups is 1. The van der Waals surface area contributed by atoms with E-state index >= 15 is 0 Å². The highest BCUT2D eigenvalue weighted by atomic mass is 35.7. The molecule has 2 aromatic rings. The Kier molecular flexibility index (Phi) is 5.69. The largest absolute Gasteiger partial charge is 0.493 e. The van der Waals surface area contributed by atoms with Crippen LogP contribution in [0.15, 0.2) is 28.1 Å². The van der Waals surface area contributed by atoms with E-state index in [0.717, 1.165) is 29.9 Å². The van der Waals surface area contributed by atoms with Crippen molar-refractivity contribution in [2.45, 2.75) is 37.1 Å². The highest BCUT2D eigenvalue weighted by molar-refractivity contribution is 8.13. The van der Waals surface area contributed by atoms with Crippen molar-refractivity contribution < 1.29 is 13.2 Å². The summed E-state index contributed by atoms with van der Waals surface area (Å²) in [6.07, 6.45) is 1.70. The minimum atomic E-state index is -3.90. The maximum atomic E-state index is 11.8. The first-order chi connectivity index (χ1) is 12.8. The molecule has 3 rings (SSSR count). The van der Waals surface area contributed by atoms with E-state index in [9.17, 15) is 8.42 Å². The first-order valence-electron chi connectivity index (χ1n) is 8.52. The molecule has 1 unspecified atom stereocenters. The van der Waals surface area contributed by atoms with Gasteiger partial charge in [0.15, 0.2) is 5.50 Å². The second kappa shape index (κ2) is 7.69. The lowest BCUT2D eigenvalue weighted by Gasteiger charge is -2.22. The molecule has 27 heavy (non-hydrogen) atoms. The van der Waals surface area contributed by atoms with E-state index in [-0.39, 0.29) is 4.90 Å². The summed E-state index contributed by atoms with van der Waals surface area (Å²) >= 11 is 6.50. The summed E-state index contributed by atoms with van der Waals surface area (Å²) in [5.74, 6) is 0.902. The molecule has 0 spiro atoms. The zero-order chi connectivity index (χ0) is 19.8. The van der Waals surface area contributed by atoms with Gasteiger partial charge in [-0.15, -0.1) is 0 Å². The Morgan fingerprint density at radius 3 is 2.70 bits per heavy atom. The van der Waals surface area contributed by atoms with Crippen LogP contribution in [0.1, 0.15) is 42.7 Å². The van der Waals surface area contributed by atoms with E-state index in [1.807, 2.05) is 14.0 Å². The monoisotopic (exact) mass is 430 g/mol. The number of hydrogen-bond acceptors (Lipinski definition) is 6. The topological polar surface area (TPSA) is 85.6 Å². The van der Waals surface area contributed by atoms with Crippen LogP contribution in [-0.4, -0.2) is 30.6 Å². The number of aryl methyl sites for hydroxylation is 2. The van der Waals surface area contributed by atoms with Gasteiger partial charge in [0.05, 0.1) is 28.4 Å². The van der Waals surface area contributed by atoms with Crippen LogP contribution in [0.25, 0.3) is 0 Å². The molecule has 1 aliphatic heterocycles. The fraction of sp³-hybridized carbons (Fsp3) is 0.412. The highest BCUT2D eigenvalue weighted by Gasteiger charge is 2.29. The predicted molar refractivity (Wildman–Crippen MR) is 107 cm³/mol. The van der Waals surface area contributed by atoms with Crippen molar-refractivity contribution in [3.05, 3.63) is 35.2 Å². The Morgan fingerprint density at radius 2 is 2.07 bits per heavy atom. The van der Waals surface area contributed by atoms with Gasteiger partial charge in [-0.25, -0.2) is 13.4 Å². The fourth-order valence-corrected chi connectivity index (χ4v) is 4.13. The molecule has 0 radical (unpaired) electrons. The fourth-order valence-electron chi connectivity index (χ4n) is 3.01. The van der Waals surface area contributed by atoms with Crippen molar-refractivity contribution in [1.29, 1.82) is 0 Å². The van der Waals surface area contributed by atoms with Crippen LogP contribution in [-0.2, 0) is 22.5 Å². The molecule has 10 heteroatoms. The molecule has 0 fully saturated rings.